The zero-order valence-electron chi connectivity index (χ0n) is 18.5. The van der Waals surface area contributed by atoms with Gasteiger partial charge < -0.3 is 9.15 Å². The Morgan fingerprint density at radius 3 is 2.65 bits per heavy atom. The van der Waals surface area contributed by atoms with Gasteiger partial charge in [0.15, 0.2) is 0 Å². The van der Waals surface area contributed by atoms with E-state index in [1.54, 1.807) is 42.5 Å². The molecule has 2 amide bonds. The zero-order chi connectivity index (χ0) is 24.1. The monoisotopic (exact) mass is 539 g/mol. The summed E-state index contributed by atoms with van der Waals surface area (Å²) < 4.78 is 12.0. The molecule has 34 heavy (non-hydrogen) atoms. The molecule has 0 N–H and O–H groups in total. The molecule has 174 valence electrons. The van der Waals surface area contributed by atoms with E-state index in [1.807, 2.05) is 31.2 Å². The van der Waals surface area contributed by atoms with Crippen LogP contribution in [0.1, 0.15) is 41.4 Å². The highest BCUT2D eigenvalue weighted by atomic mass is 79.9. The molecule has 0 aliphatic carbocycles. The van der Waals surface area contributed by atoms with E-state index in [4.69, 9.17) is 9.15 Å². The summed E-state index contributed by atoms with van der Waals surface area (Å²) in [6, 6.07) is 18.0. The third-order valence-corrected chi connectivity index (χ3v) is 6.54. The van der Waals surface area contributed by atoms with Crippen molar-refractivity contribution < 1.29 is 23.5 Å². The summed E-state index contributed by atoms with van der Waals surface area (Å²) in [5.41, 5.74) is 2.12. The van der Waals surface area contributed by atoms with Gasteiger partial charge in [0.25, 0.3) is 11.1 Å². The molecule has 0 saturated carbocycles. The summed E-state index contributed by atoms with van der Waals surface area (Å²) in [4.78, 5) is 38.8. The smallest absolute Gasteiger partial charge is 0.338 e. The average molecular weight is 540 g/mol. The van der Waals surface area contributed by atoms with Crippen LogP contribution in [0.4, 0.5) is 4.79 Å². The van der Waals surface area contributed by atoms with E-state index in [0.29, 0.717) is 28.6 Å². The van der Waals surface area contributed by atoms with Gasteiger partial charge in [0, 0.05) is 16.1 Å². The maximum absolute atomic E-state index is 12.8. The number of furan rings is 1. The number of thioether (sulfide) groups is 1. The summed E-state index contributed by atoms with van der Waals surface area (Å²) in [7, 11) is 0. The molecule has 0 atom stereocenters. The van der Waals surface area contributed by atoms with Crippen LogP contribution >= 0.6 is 27.7 Å². The Morgan fingerprint density at radius 2 is 1.91 bits per heavy atom. The van der Waals surface area contributed by atoms with Crippen LogP contribution in [0.25, 0.3) is 17.4 Å². The van der Waals surface area contributed by atoms with Crippen molar-refractivity contribution in [1.29, 1.82) is 0 Å². The Morgan fingerprint density at radius 1 is 1.12 bits per heavy atom. The van der Waals surface area contributed by atoms with Crippen LogP contribution in [0.3, 0.4) is 0 Å². The number of esters is 1. The predicted octanol–water partition coefficient (Wildman–Crippen LogP) is 6.90. The Bertz CT molecular complexity index is 1250. The molecule has 0 unspecified atom stereocenters. The molecule has 1 saturated heterocycles. The third kappa shape index (κ3) is 5.69. The molecule has 1 aliphatic rings. The fraction of sp³-hybridized carbons (Fsp3) is 0.192. The number of unbranched alkanes of at least 4 members (excludes halogenated alkanes) is 1. The minimum absolute atomic E-state index is 0.206. The molecule has 0 spiro atoms. The molecule has 2 aromatic carbocycles. The van der Waals surface area contributed by atoms with Crippen molar-refractivity contribution >= 4 is 50.9 Å². The van der Waals surface area contributed by atoms with Crippen molar-refractivity contribution in [1.82, 2.24) is 4.90 Å². The average Bonchev–Trinajstić information content (AvgIpc) is 3.40. The first-order chi connectivity index (χ1) is 16.4. The summed E-state index contributed by atoms with van der Waals surface area (Å²) >= 11 is 4.30. The number of benzene rings is 2. The van der Waals surface area contributed by atoms with Gasteiger partial charge in [0.1, 0.15) is 11.5 Å². The van der Waals surface area contributed by atoms with E-state index in [2.05, 4.69) is 15.9 Å². The fourth-order valence-corrected chi connectivity index (χ4v) is 4.60. The first-order valence-corrected chi connectivity index (χ1v) is 12.4. The third-order valence-electron chi connectivity index (χ3n) is 5.14. The van der Waals surface area contributed by atoms with E-state index in [0.717, 1.165) is 40.2 Å². The van der Waals surface area contributed by atoms with E-state index in [1.165, 1.54) is 4.90 Å². The molecule has 4 rings (SSSR count). The largest absolute Gasteiger partial charge is 0.462 e. The standard InChI is InChI=1S/C26H22BrNO5S/c1-2-3-13-32-25(30)19-9-7-18(8-10-19)22-12-11-21(33-22)15-23-24(29)28(26(31)34-23)16-17-5-4-6-20(27)14-17/h4-12,14-15H,2-3,13,16H2,1H3/b23-15+. The quantitative estimate of drug-likeness (QED) is 0.176. The van der Waals surface area contributed by atoms with Crippen molar-refractivity contribution in [2.24, 2.45) is 0 Å². The number of imide groups is 1. The topological polar surface area (TPSA) is 76.8 Å². The van der Waals surface area contributed by atoms with Gasteiger partial charge in [-0.3, -0.25) is 14.5 Å². The van der Waals surface area contributed by atoms with Gasteiger partial charge >= 0.3 is 5.97 Å². The Labute approximate surface area is 210 Å². The minimum Gasteiger partial charge on any atom is -0.462 e. The molecule has 1 fully saturated rings. The number of hydrogen-bond acceptors (Lipinski definition) is 6. The number of nitrogens with zero attached hydrogens (tertiary/aromatic N) is 1. The van der Waals surface area contributed by atoms with Crippen molar-refractivity contribution in [2.75, 3.05) is 6.61 Å². The zero-order valence-corrected chi connectivity index (χ0v) is 20.9. The van der Waals surface area contributed by atoms with Crippen molar-refractivity contribution in [3.8, 4) is 11.3 Å². The molecule has 6 nitrogen and oxygen atoms in total. The van der Waals surface area contributed by atoms with Crippen molar-refractivity contribution in [3.63, 3.8) is 0 Å². The lowest BCUT2D eigenvalue weighted by molar-refractivity contribution is -0.123. The summed E-state index contributed by atoms with van der Waals surface area (Å²) in [5, 5.41) is -0.315. The molecule has 0 radical (unpaired) electrons. The number of rotatable bonds is 8. The lowest BCUT2D eigenvalue weighted by Gasteiger charge is -2.12. The highest BCUT2D eigenvalue weighted by Gasteiger charge is 2.35. The van der Waals surface area contributed by atoms with Gasteiger partial charge in [-0.25, -0.2) is 4.79 Å². The fourth-order valence-electron chi connectivity index (χ4n) is 3.33. The highest BCUT2D eigenvalue weighted by Crippen LogP contribution is 2.34. The van der Waals surface area contributed by atoms with Crippen LogP contribution in [0.5, 0.6) is 0 Å². The van der Waals surface area contributed by atoms with Crippen LogP contribution in [0.15, 0.2) is 74.5 Å². The highest BCUT2D eigenvalue weighted by molar-refractivity contribution is 9.10. The first-order valence-electron chi connectivity index (χ1n) is 10.8. The first kappa shape index (κ1) is 24.0. The molecule has 3 aromatic rings. The van der Waals surface area contributed by atoms with Gasteiger partial charge in [0.05, 0.1) is 23.6 Å². The molecule has 2 heterocycles. The van der Waals surface area contributed by atoms with Crippen LogP contribution in [-0.4, -0.2) is 28.6 Å². The molecular formula is C26H22BrNO5S. The number of ether oxygens (including phenoxy) is 1. The van der Waals surface area contributed by atoms with Crippen LogP contribution in [-0.2, 0) is 16.1 Å². The van der Waals surface area contributed by atoms with Gasteiger partial charge in [-0.2, -0.15) is 0 Å². The number of carbonyl (C=O) groups excluding carboxylic acids is 3. The number of carbonyl (C=O) groups is 3. The second-order valence-corrected chi connectivity index (χ2v) is 9.58. The maximum Gasteiger partial charge on any atom is 0.338 e. The van der Waals surface area contributed by atoms with E-state index in [9.17, 15) is 14.4 Å². The summed E-state index contributed by atoms with van der Waals surface area (Å²) in [5.74, 6) is 0.356. The lowest BCUT2D eigenvalue weighted by Crippen LogP contribution is -2.27. The summed E-state index contributed by atoms with van der Waals surface area (Å²) in [6.07, 6.45) is 3.38. The maximum atomic E-state index is 12.8. The Kier molecular flexibility index (Phi) is 7.70. The number of hydrogen-bond donors (Lipinski definition) is 0. The minimum atomic E-state index is -0.348. The van der Waals surface area contributed by atoms with Gasteiger partial charge in [0.2, 0.25) is 0 Å². The predicted molar refractivity (Wildman–Crippen MR) is 135 cm³/mol. The number of amides is 2. The number of halogens is 1. The van der Waals surface area contributed by atoms with Crippen LogP contribution in [0.2, 0.25) is 0 Å². The molecule has 1 aromatic heterocycles. The van der Waals surface area contributed by atoms with Gasteiger partial charge in [-0.1, -0.05) is 53.5 Å². The van der Waals surface area contributed by atoms with Crippen molar-refractivity contribution in [2.45, 2.75) is 26.3 Å². The van der Waals surface area contributed by atoms with Crippen LogP contribution in [0, 0.1) is 0 Å². The Balaban J connectivity index is 1.44. The van der Waals surface area contributed by atoms with E-state index in [-0.39, 0.29) is 23.7 Å². The lowest BCUT2D eigenvalue weighted by atomic mass is 10.1. The van der Waals surface area contributed by atoms with E-state index >= 15 is 0 Å². The SMILES string of the molecule is CCCCOC(=O)c1ccc(-c2ccc(/C=C3/SC(=O)N(Cc4cccc(Br)c4)C3=O)o2)cc1. The molecular weight excluding hydrogens is 518 g/mol. The molecule has 0 bridgehead atoms. The van der Waals surface area contributed by atoms with Crippen LogP contribution < -0.4 is 0 Å². The molecule has 8 heteroatoms. The second kappa shape index (κ2) is 10.9. The van der Waals surface area contributed by atoms with Gasteiger partial charge in [-0.05, 0) is 60.1 Å². The second-order valence-electron chi connectivity index (χ2n) is 7.67. The van der Waals surface area contributed by atoms with E-state index < -0.39 is 0 Å². The van der Waals surface area contributed by atoms with Gasteiger partial charge in [-0.15, -0.1) is 0 Å². The molecule has 1 aliphatic heterocycles. The summed E-state index contributed by atoms with van der Waals surface area (Å²) in [6.45, 7) is 2.65. The van der Waals surface area contributed by atoms with Crippen molar-refractivity contribution in [3.05, 3.63) is 86.9 Å². The normalized spacial score (nSPS) is 14.8. The Hall–Kier alpha value is -3.10.